The van der Waals surface area contributed by atoms with Gasteiger partial charge in [-0.1, -0.05) is 6.92 Å². The number of rotatable bonds is 4. The molecule has 1 rings (SSSR count). The predicted octanol–water partition coefficient (Wildman–Crippen LogP) is 0.252. The monoisotopic (exact) mass is 242 g/mol. The van der Waals surface area contributed by atoms with Gasteiger partial charge < -0.3 is 15.0 Å². The first kappa shape index (κ1) is 14.0. The smallest absolute Gasteiger partial charge is 0.325 e. The zero-order valence-corrected chi connectivity index (χ0v) is 11.0. The molecule has 0 radical (unpaired) electrons. The summed E-state index contributed by atoms with van der Waals surface area (Å²) in [6, 6.07) is 0.00870. The van der Waals surface area contributed by atoms with Crippen molar-refractivity contribution >= 4 is 11.9 Å². The van der Waals surface area contributed by atoms with Gasteiger partial charge in [0.1, 0.15) is 6.54 Å². The van der Waals surface area contributed by atoms with E-state index in [9.17, 15) is 9.59 Å². The van der Waals surface area contributed by atoms with Crippen LogP contribution in [0, 0.1) is 11.8 Å². The molecule has 0 saturated carbocycles. The first-order chi connectivity index (χ1) is 7.97. The Morgan fingerprint density at radius 2 is 2.06 bits per heavy atom. The Bertz CT molecular complexity index is 291. The van der Waals surface area contributed by atoms with E-state index in [2.05, 4.69) is 17.0 Å². The first-order valence-electron chi connectivity index (χ1n) is 6.05. The van der Waals surface area contributed by atoms with Crippen LogP contribution in [0.25, 0.3) is 0 Å². The molecular formula is C12H22N2O3. The molecule has 0 spiro atoms. The van der Waals surface area contributed by atoms with Crippen LogP contribution in [0.2, 0.25) is 0 Å². The molecule has 5 nitrogen and oxygen atoms in total. The quantitative estimate of drug-likeness (QED) is 0.718. The summed E-state index contributed by atoms with van der Waals surface area (Å²) in [6.07, 6.45) is 0. The van der Waals surface area contributed by atoms with Crippen molar-refractivity contribution in [3.8, 4) is 0 Å². The number of amides is 1. The number of carbonyl (C=O) groups excluding carboxylic acids is 2. The minimum Gasteiger partial charge on any atom is -0.468 e. The summed E-state index contributed by atoms with van der Waals surface area (Å²) in [5, 5.41) is 3.20. The number of nitrogens with one attached hydrogen (secondary N) is 1. The zero-order valence-electron chi connectivity index (χ0n) is 11.0. The van der Waals surface area contributed by atoms with Crippen LogP contribution in [-0.4, -0.2) is 49.6 Å². The first-order valence-corrected chi connectivity index (χ1v) is 6.05. The fraction of sp³-hybridized carbons (Fsp3) is 0.833. The van der Waals surface area contributed by atoms with Gasteiger partial charge in [0.05, 0.1) is 13.0 Å². The minimum absolute atomic E-state index is 0.00870. The molecule has 98 valence electrons. The van der Waals surface area contributed by atoms with E-state index in [1.165, 1.54) is 7.11 Å². The molecule has 5 heteroatoms. The van der Waals surface area contributed by atoms with E-state index in [4.69, 9.17) is 0 Å². The van der Waals surface area contributed by atoms with Gasteiger partial charge in [-0.05, 0) is 26.3 Å². The molecule has 2 atom stereocenters. The van der Waals surface area contributed by atoms with Crippen molar-refractivity contribution in [2.75, 3.05) is 26.7 Å². The standard InChI is InChI=1S/C12H22N2O3/c1-8(2)14(7-11(15)17-4)12(16)10-6-13-5-9(10)3/h8-10,13H,5-7H2,1-4H3. The van der Waals surface area contributed by atoms with Crippen LogP contribution in [-0.2, 0) is 14.3 Å². The van der Waals surface area contributed by atoms with Crippen LogP contribution in [0.3, 0.4) is 0 Å². The van der Waals surface area contributed by atoms with E-state index in [0.29, 0.717) is 12.5 Å². The van der Waals surface area contributed by atoms with Gasteiger partial charge in [0.15, 0.2) is 0 Å². The highest BCUT2D eigenvalue weighted by Crippen LogP contribution is 2.19. The number of carbonyl (C=O) groups is 2. The molecule has 0 aromatic rings. The maximum Gasteiger partial charge on any atom is 0.325 e. The van der Waals surface area contributed by atoms with Crippen molar-refractivity contribution in [3.05, 3.63) is 0 Å². The third-order valence-electron chi connectivity index (χ3n) is 3.27. The van der Waals surface area contributed by atoms with E-state index < -0.39 is 0 Å². The summed E-state index contributed by atoms with van der Waals surface area (Å²) in [6.45, 7) is 7.47. The van der Waals surface area contributed by atoms with Gasteiger partial charge in [-0.25, -0.2) is 0 Å². The molecule has 1 saturated heterocycles. The fourth-order valence-corrected chi connectivity index (χ4v) is 2.07. The van der Waals surface area contributed by atoms with E-state index in [1.54, 1.807) is 4.90 Å². The number of esters is 1. The number of hydrogen-bond donors (Lipinski definition) is 1. The molecule has 1 fully saturated rings. The van der Waals surface area contributed by atoms with Gasteiger partial charge in [0, 0.05) is 12.6 Å². The van der Waals surface area contributed by atoms with Gasteiger partial charge in [-0.15, -0.1) is 0 Å². The SMILES string of the molecule is COC(=O)CN(C(=O)C1CNCC1C)C(C)C. The van der Waals surface area contributed by atoms with Crippen molar-refractivity contribution in [2.24, 2.45) is 11.8 Å². The zero-order chi connectivity index (χ0) is 13.0. The van der Waals surface area contributed by atoms with Gasteiger partial charge in [0.25, 0.3) is 0 Å². The lowest BCUT2D eigenvalue weighted by atomic mass is 9.96. The maximum atomic E-state index is 12.3. The van der Waals surface area contributed by atoms with Crippen LogP contribution in [0.4, 0.5) is 0 Å². The van der Waals surface area contributed by atoms with Crippen molar-refractivity contribution < 1.29 is 14.3 Å². The van der Waals surface area contributed by atoms with Crippen molar-refractivity contribution in [1.82, 2.24) is 10.2 Å². The predicted molar refractivity (Wildman–Crippen MR) is 64.4 cm³/mol. The normalized spacial score (nSPS) is 23.8. The molecule has 0 aromatic carbocycles. The average molecular weight is 242 g/mol. The molecule has 0 bridgehead atoms. The highest BCUT2D eigenvalue weighted by molar-refractivity contribution is 5.84. The highest BCUT2D eigenvalue weighted by Gasteiger charge is 2.34. The molecule has 1 N–H and O–H groups in total. The third kappa shape index (κ3) is 3.43. The summed E-state index contributed by atoms with van der Waals surface area (Å²) in [7, 11) is 1.34. The second kappa shape index (κ2) is 6.00. The fourth-order valence-electron chi connectivity index (χ4n) is 2.07. The molecule has 1 amide bonds. The lowest BCUT2D eigenvalue weighted by Crippen LogP contribution is -2.45. The Balaban J connectivity index is 2.69. The number of ether oxygens (including phenoxy) is 1. The molecule has 2 unspecified atom stereocenters. The van der Waals surface area contributed by atoms with Gasteiger partial charge in [-0.3, -0.25) is 9.59 Å². The maximum absolute atomic E-state index is 12.3. The summed E-state index contributed by atoms with van der Waals surface area (Å²) < 4.78 is 4.62. The summed E-state index contributed by atoms with van der Waals surface area (Å²) in [5.74, 6) is -0.0305. The van der Waals surface area contributed by atoms with Gasteiger partial charge >= 0.3 is 5.97 Å². The van der Waals surface area contributed by atoms with Gasteiger partial charge in [0.2, 0.25) is 5.91 Å². The van der Waals surface area contributed by atoms with Crippen molar-refractivity contribution in [1.29, 1.82) is 0 Å². The van der Waals surface area contributed by atoms with Crippen LogP contribution in [0.5, 0.6) is 0 Å². The lowest BCUT2D eigenvalue weighted by molar-refractivity contribution is -0.150. The Hall–Kier alpha value is -1.10. The molecule has 0 aromatic heterocycles. The Labute approximate surface area is 102 Å². The number of methoxy groups -OCH3 is 1. The van der Waals surface area contributed by atoms with E-state index in [0.717, 1.165) is 6.54 Å². The van der Waals surface area contributed by atoms with Crippen molar-refractivity contribution in [3.63, 3.8) is 0 Å². The molecular weight excluding hydrogens is 220 g/mol. The Morgan fingerprint density at radius 3 is 2.47 bits per heavy atom. The number of hydrogen-bond acceptors (Lipinski definition) is 4. The molecule has 1 aliphatic rings. The lowest BCUT2D eigenvalue weighted by Gasteiger charge is -2.29. The van der Waals surface area contributed by atoms with Crippen LogP contribution in [0.15, 0.2) is 0 Å². The molecule has 17 heavy (non-hydrogen) atoms. The summed E-state index contributed by atoms with van der Waals surface area (Å²) >= 11 is 0. The van der Waals surface area contributed by atoms with Crippen molar-refractivity contribution in [2.45, 2.75) is 26.8 Å². The second-order valence-corrected chi connectivity index (χ2v) is 4.88. The largest absolute Gasteiger partial charge is 0.468 e. The minimum atomic E-state index is -0.370. The Kier molecular flexibility index (Phi) is 4.93. The summed E-state index contributed by atoms with van der Waals surface area (Å²) in [4.78, 5) is 25.2. The van der Waals surface area contributed by atoms with Gasteiger partial charge in [-0.2, -0.15) is 0 Å². The highest BCUT2D eigenvalue weighted by atomic mass is 16.5. The van der Waals surface area contributed by atoms with E-state index >= 15 is 0 Å². The third-order valence-corrected chi connectivity index (χ3v) is 3.27. The van der Waals surface area contributed by atoms with Crippen LogP contribution < -0.4 is 5.32 Å². The summed E-state index contributed by atoms with van der Waals surface area (Å²) in [5.41, 5.74) is 0. The van der Waals surface area contributed by atoms with Crippen LogP contribution in [0.1, 0.15) is 20.8 Å². The second-order valence-electron chi connectivity index (χ2n) is 4.88. The van der Waals surface area contributed by atoms with Crippen LogP contribution >= 0.6 is 0 Å². The average Bonchev–Trinajstić information content (AvgIpc) is 2.70. The Morgan fingerprint density at radius 1 is 1.41 bits per heavy atom. The molecule has 0 aliphatic carbocycles. The topological polar surface area (TPSA) is 58.6 Å². The van der Waals surface area contributed by atoms with E-state index in [1.807, 2.05) is 13.8 Å². The molecule has 1 aliphatic heterocycles. The van der Waals surface area contributed by atoms with E-state index in [-0.39, 0.29) is 30.4 Å². The number of nitrogens with zero attached hydrogens (tertiary/aromatic N) is 1. The molecule has 1 heterocycles.